The standard InChI is InChI=1S/C12H22ClNO/c1-6-10(13)12(7-2,8-3)14-11(15)9(4)5/h10H,4,6-8H2,1-3,5H3,(H,14,15). The first-order valence-electron chi connectivity index (χ1n) is 5.55. The first kappa shape index (κ1) is 14.5. The van der Waals surface area contributed by atoms with E-state index >= 15 is 0 Å². The summed E-state index contributed by atoms with van der Waals surface area (Å²) in [5, 5.41) is 2.98. The topological polar surface area (TPSA) is 29.1 Å². The maximum Gasteiger partial charge on any atom is 0.246 e. The van der Waals surface area contributed by atoms with Crippen molar-refractivity contribution in [2.75, 3.05) is 0 Å². The third-order valence-corrected chi connectivity index (χ3v) is 3.70. The molecule has 0 fully saturated rings. The molecule has 1 N–H and O–H groups in total. The van der Waals surface area contributed by atoms with Crippen molar-refractivity contribution >= 4 is 17.5 Å². The van der Waals surface area contributed by atoms with Crippen LogP contribution in [0.15, 0.2) is 12.2 Å². The van der Waals surface area contributed by atoms with Crippen molar-refractivity contribution in [3.63, 3.8) is 0 Å². The van der Waals surface area contributed by atoms with Gasteiger partial charge >= 0.3 is 0 Å². The zero-order chi connectivity index (χ0) is 12.1. The van der Waals surface area contributed by atoms with Gasteiger partial charge < -0.3 is 5.32 Å². The summed E-state index contributed by atoms with van der Waals surface area (Å²) in [5.74, 6) is -0.0993. The molecule has 0 aromatic heterocycles. The minimum Gasteiger partial charge on any atom is -0.345 e. The third kappa shape index (κ3) is 3.53. The van der Waals surface area contributed by atoms with Gasteiger partial charge in [0, 0.05) is 5.57 Å². The number of halogens is 1. The van der Waals surface area contributed by atoms with Gasteiger partial charge in [0.2, 0.25) is 5.91 Å². The maximum absolute atomic E-state index is 11.6. The Balaban J connectivity index is 4.78. The van der Waals surface area contributed by atoms with Crippen LogP contribution in [0.25, 0.3) is 0 Å². The number of amides is 1. The minimum atomic E-state index is -0.299. The van der Waals surface area contributed by atoms with Crippen molar-refractivity contribution in [3.8, 4) is 0 Å². The van der Waals surface area contributed by atoms with Gasteiger partial charge in [0.1, 0.15) is 0 Å². The van der Waals surface area contributed by atoms with Crippen LogP contribution in [-0.2, 0) is 4.79 Å². The molecule has 0 rings (SSSR count). The first-order chi connectivity index (χ1) is 6.93. The summed E-state index contributed by atoms with van der Waals surface area (Å²) in [6, 6.07) is 0. The SMILES string of the molecule is C=C(C)C(=O)NC(CC)(CC)C(Cl)CC. The average Bonchev–Trinajstić information content (AvgIpc) is 2.24. The Hall–Kier alpha value is -0.500. The average molecular weight is 232 g/mol. The Morgan fingerprint density at radius 2 is 1.87 bits per heavy atom. The molecule has 15 heavy (non-hydrogen) atoms. The van der Waals surface area contributed by atoms with Gasteiger partial charge in [0.05, 0.1) is 10.9 Å². The van der Waals surface area contributed by atoms with E-state index in [0.717, 1.165) is 19.3 Å². The van der Waals surface area contributed by atoms with Crippen LogP contribution in [0.1, 0.15) is 47.0 Å². The Labute approximate surface area is 98.1 Å². The van der Waals surface area contributed by atoms with Crippen LogP contribution in [0.5, 0.6) is 0 Å². The quantitative estimate of drug-likeness (QED) is 0.552. The van der Waals surface area contributed by atoms with Crippen LogP contribution in [0.2, 0.25) is 0 Å². The number of carbonyl (C=O) groups excluding carboxylic acids is 1. The van der Waals surface area contributed by atoms with Crippen LogP contribution in [0.4, 0.5) is 0 Å². The van der Waals surface area contributed by atoms with Crippen molar-refractivity contribution in [2.45, 2.75) is 57.9 Å². The van der Waals surface area contributed by atoms with Crippen molar-refractivity contribution in [1.29, 1.82) is 0 Å². The fourth-order valence-corrected chi connectivity index (χ4v) is 2.03. The molecule has 0 aromatic rings. The molecule has 0 radical (unpaired) electrons. The Morgan fingerprint density at radius 3 is 2.13 bits per heavy atom. The Bertz CT molecular complexity index is 234. The Morgan fingerprint density at radius 1 is 1.40 bits per heavy atom. The molecule has 1 unspecified atom stereocenters. The summed E-state index contributed by atoms with van der Waals surface area (Å²) in [7, 11) is 0. The largest absolute Gasteiger partial charge is 0.345 e. The van der Waals surface area contributed by atoms with Gasteiger partial charge in [-0.15, -0.1) is 11.6 Å². The number of hydrogen-bond acceptors (Lipinski definition) is 1. The Kier molecular flexibility index (Phi) is 5.96. The molecule has 0 spiro atoms. The molecule has 2 nitrogen and oxygen atoms in total. The van der Waals surface area contributed by atoms with Crippen molar-refractivity contribution < 1.29 is 4.79 Å². The van der Waals surface area contributed by atoms with Gasteiger partial charge in [-0.2, -0.15) is 0 Å². The van der Waals surface area contributed by atoms with Crippen LogP contribution in [-0.4, -0.2) is 16.8 Å². The highest BCUT2D eigenvalue weighted by Gasteiger charge is 2.34. The molecule has 0 bridgehead atoms. The number of rotatable bonds is 6. The lowest BCUT2D eigenvalue weighted by Gasteiger charge is -2.37. The normalized spacial score (nSPS) is 13.4. The summed E-state index contributed by atoms with van der Waals surface area (Å²) in [6.45, 7) is 11.5. The fourth-order valence-electron chi connectivity index (χ4n) is 1.67. The van der Waals surface area contributed by atoms with Crippen LogP contribution < -0.4 is 5.32 Å². The van der Waals surface area contributed by atoms with Crippen molar-refractivity contribution in [1.82, 2.24) is 5.32 Å². The van der Waals surface area contributed by atoms with Crippen LogP contribution >= 0.6 is 11.6 Å². The van der Waals surface area contributed by atoms with Gasteiger partial charge in [-0.25, -0.2) is 0 Å². The monoisotopic (exact) mass is 231 g/mol. The molecule has 0 saturated heterocycles. The molecule has 0 aliphatic heterocycles. The van der Waals surface area contributed by atoms with Gasteiger partial charge in [-0.3, -0.25) is 4.79 Å². The molecule has 1 atom stereocenters. The highest BCUT2D eigenvalue weighted by molar-refractivity contribution is 6.21. The highest BCUT2D eigenvalue weighted by atomic mass is 35.5. The second-order valence-electron chi connectivity index (χ2n) is 3.97. The predicted molar refractivity (Wildman–Crippen MR) is 66.2 cm³/mol. The molecular weight excluding hydrogens is 210 g/mol. The van der Waals surface area contributed by atoms with E-state index < -0.39 is 0 Å². The van der Waals surface area contributed by atoms with Gasteiger partial charge in [-0.1, -0.05) is 27.4 Å². The van der Waals surface area contributed by atoms with Crippen molar-refractivity contribution in [3.05, 3.63) is 12.2 Å². The molecule has 0 aliphatic carbocycles. The molecule has 0 heterocycles. The number of alkyl halides is 1. The second-order valence-corrected chi connectivity index (χ2v) is 4.50. The molecule has 1 amide bonds. The van der Waals surface area contributed by atoms with E-state index in [4.69, 9.17) is 11.6 Å². The second kappa shape index (κ2) is 6.16. The summed E-state index contributed by atoms with van der Waals surface area (Å²) < 4.78 is 0. The summed E-state index contributed by atoms with van der Waals surface area (Å²) in [4.78, 5) is 11.6. The van der Waals surface area contributed by atoms with Gasteiger partial charge in [0.15, 0.2) is 0 Å². The number of carbonyl (C=O) groups is 1. The zero-order valence-electron chi connectivity index (χ0n) is 10.2. The fraction of sp³-hybridized carbons (Fsp3) is 0.750. The van der Waals surface area contributed by atoms with E-state index in [0.29, 0.717) is 5.57 Å². The van der Waals surface area contributed by atoms with Crippen LogP contribution in [0.3, 0.4) is 0 Å². The lowest BCUT2D eigenvalue weighted by atomic mass is 9.87. The van der Waals surface area contributed by atoms with Gasteiger partial charge in [0.25, 0.3) is 0 Å². The zero-order valence-corrected chi connectivity index (χ0v) is 10.9. The van der Waals surface area contributed by atoms with E-state index in [-0.39, 0.29) is 16.8 Å². The summed E-state index contributed by atoms with van der Waals surface area (Å²) in [6.07, 6.45) is 2.52. The summed E-state index contributed by atoms with van der Waals surface area (Å²) >= 11 is 6.29. The summed E-state index contributed by atoms with van der Waals surface area (Å²) in [5.41, 5.74) is 0.230. The molecular formula is C12H22ClNO. The first-order valence-corrected chi connectivity index (χ1v) is 5.99. The van der Waals surface area contributed by atoms with Gasteiger partial charge in [-0.05, 0) is 26.2 Å². The molecule has 0 saturated carbocycles. The smallest absolute Gasteiger partial charge is 0.246 e. The number of hydrogen-bond donors (Lipinski definition) is 1. The molecule has 88 valence electrons. The van der Waals surface area contributed by atoms with Crippen molar-refractivity contribution in [2.24, 2.45) is 0 Å². The van der Waals surface area contributed by atoms with E-state index in [2.05, 4.69) is 11.9 Å². The van der Waals surface area contributed by atoms with Crippen LogP contribution in [0, 0.1) is 0 Å². The highest BCUT2D eigenvalue weighted by Crippen LogP contribution is 2.27. The lowest BCUT2D eigenvalue weighted by molar-refractivity contribution is -0.119. The lowest BCUT2D eigenvalue weighted by Crippen LogP contribution is -2.54. The van der Waals surface area contributed by atoms with E-state index in [1.54, 1.807) is 6.92 Å². The maximum atomic E-state index is 11.6. The van der Waals surface area contributed by atoms with E-state index in [1.165, 1.54) is 0 Å². The molecule has 0 aliphatic rings. The molecule has 3 heteroatoms. The molecule has 0 aromatic carbocycles. The minimum absolute atomic E-state index is 0.0317. The number of nitrogens with one attached hydrogen (secondary N) is 1. The third-order valence-electron chi connectivity index (χ3n) is 2.97. The van der Waals surface area contributed by atoms with E-state index in [9.17, 15) is 4.79 Å². The predicted octanol–water partition coefficient (Wildman–Crippen LogP) is 3.25. The van der Waals surface area contributed by atoms with E-state index in [1.807, 2.05) is 20.8 Å².